The summed E-state index contributed by atoms with van der Waals surface area (Å²) in [5, 5.41) is 2.35. The number of aryl methyl sites for hydroxylation is 1. The standard InChI is InChI=1S/C22H23FN2O4S/c1-13-10-17(22(28)29-14(2)11-24-15(3)26)6-9-19(13)25-20(27)12-30-21(25)16-4-7-18(23)8-5-16/h4-10,14,21H,11-12H2,1-3H3,(H,24,26). The molecule has 0 spiro atoms. The summed E-state index contributed by atoms with van der Waals surface area (Å²) in [7, 11) is 0. The normalized spacial score (nSPS) is 17.0. The Morgan fingerprint density at radius 1 is 1.27 bits per heavy atom. The van der Waals surface area contributed by atoms with E-state index in [1.54, 1.807) is 42.2 Å². The molecule has 0 radical (unpaired) electrons. The molecule has 30 heavy (non-hydrogen) atoms. The van der Waals surface area contributed by atoms with Crippen LogP contribution >= 0.6 is 11.8 Å². The van der Waals surface area contributed by atoms with Gasteiger partial charge in [0.25, 0.3) is 0 Å². The molecule has 2 aromatic carbocycles. The van der Waals surface area contributed by atoms with Crippen molar-refractivity contribution >= 4 is 35.2 Å². The fourth-order valence-electron chi connectivity index (χ4n) is 3.19. The summed E-state index contributed by atoms with van der Waals surface area (Å²) in [5.41, 5.74) is 2.65. The Morgan fingerprint density at radius 3 is 2.60 bits per heavy atom. The molecule has 1 aliphatic rings. The number of carbonyl (C=O) groups excluding carboxylic acids is 3. The molecule has 0 aromatic heterocycles. The SMILES string of the molecule is CC(=O)NCC(C)OC(=O)c1ccc(N2C(=O)CSC2c2ccc(F)cc2)c(C)c1. The number of halogens is 1. The number of hydrogen-bond donors (Lipinski definition) is 1. The van der Waals surface area contributed by atoms with Gasteiger partial charge in [-0.3, -0.25) is 14.5 Å². The molecule has 2 atom stereocenters. The minimum atomic E-state index is -0.500. The largest absolute Gasteiger partial charge is 0.457 e. The lowest BCUT2D eigenvalue weighted by Crippen LogP contribution is -2.31. The van der Waals surface area contributed by atoms with Crippen LogP contribution in [-0.4, -0.2) is 36.2 Å². The Morgan fingerprint density at radius 2 is 1.97 bits per heavy atom. The first-order valence-corrected chi connectivity index (χ1v) is 10.6. The van der Waals surface area contributed by atoms with Crippen LogP contribution in [0.5, 0.6) is 0 Å². The number of ether oxygens (including phenoxy) is 1. The maximum atomic E-state index is 13.3. The monoisotopic (exact) mass is 430 g/mol. The number of thioether (sulfide) groups is 1. The van der Waals surface area contributed by atoms with E-state index < -0.39 is 12.1 Å². The van der Waals surface area contributed by atoms with Gasteiger partial charge in [-0.15, -0.1) is 11.8 Å². The van der Waals surface area contributed by atoms with Crippen LogP contribution in [-0.2, 0) is 14.3 Å². The second-order valence-corrected chi connectivity index (χ2v) is 8.20. The van der Waals surface area contributed by atoms with Crippen LogP contribution in [0, 0.1) is 12.7 Å². The number of carbonyl (C=O) groups is 3. The minimum absolute atomic E-state index is 0.0447. The van der Waals surface area contributed by atoms with Crippen LogP contribution in [0.25, 0.3) is 0 Å². The number of anilines is 1. The number of benzene rings is 2. The van der Waals surface area contributed by atoms with Crippen LogP contribution in [0.2, 0.25) is 0 Å². The Hall–Kier alpha value is -2.87. The summed E-state index contributed by atoms with van der Waals surface area (Å²) in [6.45, 7) is 5.15. The van der Waals surface area contributed by atoms with E-state index >= 15 is 0 Å². The molecule has 0 aliphatic carbocycles. The van der Waals surface area contributed by atoms with Gasteiger partial charge >= 0.3 is 5.97 Å². The van der Waals surface area contributed by atoms with Gasteiger partial charge in [0.2, 0.25) is 11.8 Å². The van der Waals surface area contributed by atoms with E-state index in [1.807, 2.05) is 6.92 Å². The quantitative estimate of drug-likeness (QED) is 0.709. The summed E-state index contributed by atoms with van der Waals surface area (Å²) < 4.78 is 18.6. The second kappa shape index (κ2) is 9.30. The lowest BCUT2D eigenvalue weighted by Gasteiger charge is -2.26. The molecule has 0 saturated carbocycles. The molecule has 158 valence electrons. The predicted octanol–water partition coefficient (Wildman–Crippen LogP) is 3.59. The molecule has 0 bridgehead atoms. The molecule has 1 fully saturated rings. The Kier molecular flexibility index (Phi) is 6.77. The average Bonchev–Trinajstić information content (AvgIpc) is 3.08. The highest BCUT2D eigenvalue weighted by atomic mass is 32.2. The van der Waals surface area contributed by atoms with E-state index in [9.17, 15) is 18.8 Å². The van der Waals surface area contributed by atoms with Crippen molar-refractivity contribution in [2.45, 2.75) is 32.2 Å². The molecule has 1 N–H and O–H groups in total. The lowest BCUT2D eigenvalue weighted by atomic mass is 10.1. The predicted molar refractivity (Wildman–Crippen MR) is 114 cm³/mol. The van der Waals surface area contributed by atoms with Crippen molar-refractivity contribution in [3.8, 4) is 0 Å². The number of rotatable bonds is 6. The molecular weight excluding hydrogens is 407 g/mol. The summed E-state index contributed by atoms with van der Waals surface area (Å²) in [4.78, 5) is 37.6. The fraction of sp³-hybridized carbons (Fsp3) is 0.318. The number of nitrogens with zero attached hydrogens (tertiary/aromatic N) is 1. The molecule has 1 saturated heterocycles. The highest BCUT2D eigenvalue weighted by molar-refractivity contribution is 8.00. The van der Waals surface area contributed by atoms with E-state index in [2.05, 4.69) is 5.32 Å². The van der Waals surface area contributed by atoms with Crippen LogP contribution in [0.4, 0.5) is 10.1 Å². The zero-order valence-corrected chi connectivity index (χ0v) is 17.8. The van der Waals surface area contributed by atoms with E-state index in [0.717, 1.165) is 11.1 Å². The lowest BCUT2D eigenvalue weighted by molar-refractivity contribution is -0.119. The maximum Gasteiger partial charge on any atom is 0.338 e. The van der Waals surface area contributed by atoms with Crippen molar-refractivity contribution < 1.29 is 23.5 Å². The van der Waals surface area contributed by atoms with E-state index in [4.69, 9.17) is 4.74 Å². The van der Waals surface area contributed by atoms with Gasteiger partial charge in [-0.1, -0.05) is 12.1 Å². The molecule has 6 nitrogen and oxygen atoms in total. The van der Waals surface area contributed by atoms with Crippen molar-refractivity contribution in [2.24, 2.45) is 0 Å². The van der Waals surface area contributed by atoms with E-state index in [-0.39, 0.29) is 29.6 Å². The van der Waals surface area contributed by atoms with Gasteiger partial charge in [-0.2, -0.15) is 0 Å². The van der Waals surface area contributed by atoms with Gasteiger partial charge in [0.15, 0.2) is 0 Å². The first-order chi connectivity index (χ1) is 14.3. The molecule has 3 rings (SSSR count). The maximum absolute atomic E-state index is 13.3. The number of amides is 2. The fourth-order valence-corrected chi connectivity index (χ4v) is 4.36. The number of esters is 1. The van der Waals surface area contributed by atoms with E-state index in [1.165, 1.54) is 30.8 Å². The molecule has 2 amide bonds. The Bertz CT molecular complexity index is 964. The van der Waals surface area contributed by atoms with Gasteiger partial charge in [0, 0.05) is 12.6 Å². The average molecular weight is 431 g/mol. The van der Waals surface area contributed by atoms with Gasteiger partial charge < -0.3 is 10.1 Å². The number of hydrogen-bond acceptors (Lipinski definition) is 5. The van der Waals surface area contributed by atoms with Gasteiger partial charge in [0.05, 0.1) is 17.9 Å². The molecule has 2 unspecified atom stereocenters. The first-order valence-electron chi connectivity index (χ1n) is 9.51. The molecule has 8 heteroatoms. The summed E-state index contributed by atoms with van der Waals surface area (Å²) in [5.74, 6) is -0.740. The summed E-state index contributed by atoms with van der Waals surface area (Å²) >= 11 is 1.48. The van der Waals surface area contributed by atoms with Crippen molar-refractivity contribution in [3.05, 3.63) is 65.0 Å². The molecule has 2 aromatic rings. The zero-order valence-electron chi connectivity index (χ0n) is 17.0. The van der Waals surface area contributed by atoms with Crippen molar-refractivity contribution in [3.63, 3.8) is 0 Å². The van der Waals surface area contributed by atoms with Crippen LogP contribution in [0.1, 0.15) is 40.7 Å². The Balaban J connectivity index is 1.78. The highest BCUT2D eigenvalue weighted by Gasteiger charge is 2.35. The highest BCUT2D eigenvalue weighted by Crippen LogP contribution is 2.42. The van der Waals surface area contributed by atoms with E-state index in [0.29, 0.717) is 17.0 Å². The Labute approximate surface area is 178 Å². The van der Waals surface area contributed by atoms with Crippen molar-refractivity contribution in [1.82, 2.24) is 5.32 Å². The molecule has 1 aliphatic heterocycles. The van der Waals surface area contributed by atoms with Gasteiger partial charge in [-0.05, 0) is 55.3 Å². The van der Waals surface area contributed by atoms with Crippen LogP contribution in [0.3, 0.4) is 0 Å². The van der Waals surface area contributed by atoms with Crippen molar-refractivity contribution in [2.75, 3.05) is 17.2 Å². The molecule has 1 heterocycles. The minimum Gasteiger partial charge on any atom is -0.457 e. The third kappa shape index (κ3) is 4.99. The summed E-state index contributed by atoms with van der Waals surface area (Å²) in [6.07, 6.45) is -0.471. The smallest absolute Gasteiger partial charge is 0.338 e. The number of nitrogens with one attached hydrogen (secondary N) is 1. The molecular formula is C22H23FN2O4S. The summed E-state index contributed by atoms with van der Waals surface area (Å²) in [6, 6.07) is 11.1. The van der Waals surface area contributed by atoms with Gasteiger partial charge in [-0.25, -0.2) is 9.18 Å². The van der Waals surface area contributed by atoms with Crippen LogP contribution in [0.15, 0.2) is 42.5 Å². The third-order valence-corrected chi connectivity index (χ3v) is 5.87. The topological polar surface area (TPSA) is 75.7 Å². The second-order valence-electron chi connectivity index (χ2n) is 7.13. The zero-order chi connectivity index (χ0) is 21.8. The van der Waals surface area contributed by atoms with Gasteiger partial charge in [0.1, 0.15) is 17.3 Å². The van der Waals surface area contributed by atoms with Crippen molar-refractivity contribution in [1.29, 1.82) is 0 Å². The van der Waals surface area contributed by atoms with Crippen LogP contribution < -0.4 is 10.2 Å². The third-order valence-electron chi connectivity index (χ3n) is 4.66. The first kappa shape index (κ1) is 21.8.